The number of nitrogens with one attached hydrogen (secondary N) is 1. The van der Waals surface area contributed by atoms with E-state index in [1.807, 2.05) is 44.3 Å². The van der Waals surface area contributed by atoms with Crippen LogP contribution in [-0.4, -0.2) is 33.1 Å². The van der Waals surface area contributed by atoms with Crippen molar-refractivity contribution in [1.82, 2.24) is 14.9 Å². The lowest BCUT2D eigenvalue weighted by Crippen LogP contribution is -2.23. The van der Waals surface area contributed by atoms with Crippen LogP contribution < -0.4 is 10.1 Å². The van der Waals surface area contributed by atoms with Crippen LogP contribution in [0.5, 0.6) is 5.75 Å². The van der Waals surface area contributed by atoms with Gasteiger partial charge in [0, 0.05) is 17.8 Å². The highest BCUT2D eigenvalue weighted by molar-refractivity contribution is 5.55. The van der Waals surface area contributed by atoms with Crippen LogP contribution in [0.4, 0.5) is 11.5 Å². The molecule has 0 saturated carbocycles. The summed E-state index contributed by atoms with van der Waals surface area (Å²) < 4.78 is 5.61. The zero-order chi connectivity index (χ0) is 21.6. The number of benzene rings is 1. The van der Waals surface area contributed by atoms with Crippen molar-refractivity contribution in [3.8, 4) is 5.75 Å². The number of hydrogen-bond acceptors (Lipinski definition) is 6. The average molecular weight is 419 g/mol. The summed E-state index contributed by atoms with van der Waals surface area (Å²) in [6, 6.07) is 16.5. The van der Waals surface area contributed by atoms with E-state index in [1.54, 1.807) is 0 Å². The Labute approximate surface area is 183 Å². The first kappa shape index (κ1) is 21.3. The zero-order valence-electron chi connectivity index (χ0n) is 18.2. The Hall–Kier alpha value is -2.96. The van der Waals surface area contributed by atoms with Crippen molar-refractivity contribution < 1.29 is 9.84 Å². The summed E-state index contributed by atoms with van der Waals surface area (Å²) in [6.07, 6.45) is 4.14. The average Bonchev–Trinajstić information content (AvgIpc) is 3.23. The minimum absolute atomic E-state index is 0.0155. The Bertz CT molecular complexity index is 1010. The summed E-state index contributed by atoms with van der Waals surface area (Å²) in [5.74, 6) is 1.59. The smallest absolute Gasteiger partial charge is 0.130 e. The zero-order valence-corrected chi connectivity index (χ0v) is 18.2. The standard InChI is InChI=1S/C25H30N4O2/c1-3-31-24-12-9-19(14-20(24)17-30)16-29-13-5-7-23(29)22-11-10-21(15-26-22)28-25-8-4-6-18(2)27-25/h4,6,8-12,14-15,23,30H,3,5,7,13,16-17H2,1-2H3,(H,27,28). The van der Waals surface area contributed by atoms with Crippen molar-refractivity contribution in [2.75, 3.05) is 18.5 Å². The molecule has 2 aromatic heterocycles. The molecule has 3 heterocycles. The topological polar surface area (TPSA) is 70.5 Å². The number of ether oxygens (including phenoxy) is 1. The fraction of sp³-hybridized carbons (Fsp3) is 0.360. The lowest BCUT2D eigenvalue weighted by molar-refractivity contribution is 0.243. The number of aryl methyl sites for hydroxylation is 1. The Morgan fingerprint density at radius 3 is 2.84 bits per heavy atom. The molecule has 6 nitrogen and oxygen atoms in total. The van der Waals surface area contributed by atoms with Crippen molar-refractivity contribution in [3.05, 3.63) is 77.2 Å². The van der Waals surface area contributed by atoms with E-state index in [1.165, 1.54) is 5.56 Å². The molecule has 0 amide bonds. The first-order valence-corrected chi connectivity index (χ1v) is 10.9. The van der Waals surface area contributed by atoms with Crippen LogP contribution in [0.1, 0.15) is 48.3 Å². The second-order valence-corrected chi connectivity index (χ2v) is 7.92. The summed E-state index contributed by atoms with van der Waals surface area (Å²) in [7, 11) is 0. The van der Waals surface area contributed by atoms with Gasteiger partial charge in [-0.25, -0.2) is 4.98 Å². The minimum Gasteiger partial charge on any atom is -0.494 e. The molecule has 0 radical (unpaired) electrons. The monoisotopic (exact) mass is 418 g/mol. The molecule has 162 valence electrons. The highest BCUT2D eigenvalue weighted by Gasteiger charge is 2.27. The van der Waals surface area contributed by atoms with Crippen LogP contribution in [0.2, 0.25) is 0 Å². The molecule has 0 aliphatic carbocycles. The van der Waals surface area contributed by atoms with E-state index in [2.05, 4.69) is 39.5 Å². The van der Waals surface area contributed by atoms with Gasteiger partial charge in [0.25, 0.3) is 0 Å². The van der Waals surface area contributed by atoms with Crippen LogP contribution in [0, 0.1) is 6.92 Å². The molecule has 1 fully saturated rings. The van der Waals surface area contributed by atoms with Crippen LogP contribution >= 0.6 is 0 Å². The summed E-state index contributed by atoms with van der Waals surface area (Å²) in [5, 5.41) is 13.0. The number of pyridine rings is 2. The van der Waals surface area contributed by atoms with E-state index in [0.29, 0.717) is 12.6 Å². The first-order chi connectivity index (χ1) is 15.2. The summed E-state index contributed by atoms with van der Waals surface area (Å²) >= 11 is 0. The van der Waals surface area contributed by atoms with Gasteiger partial charge in [-0.2, -0.15) is 0 Å². The first-order valence-electron chi connectivity index (χ1n) is 10.9. The number of aliphatic hydroxyl groups excluding tert-OH is 1. The van der Waals surface area contributed by atoms with Crippen LogP contribution in [0.25, 0.3) is 0 Å². The summed E-state index contributed by atoms with van der Waals surface area (Å²) in [5.41, 5.74) is 5.03. The molecule has 0 spiro atoms. The lowest BCUT2D eigenvalue weighted by Gasteiger charge is -2.24. The number of aliphatic hydroxyl groups is 1. The second kappa shape index (κ2) is 9.90. The van der Waals surface area contributed by atoms with E-state index in [-0.39, 0.29) is 6.61 Å². The third-order valence-electron chi connectivity index (χ3n) is 5.63. The van der Waals surface area contributed by atoms with Gasteiger partial charge in [-0.1, -0.05) is 12.1 Å². The molecular weight excluding hydrogens is 388 g/mol. The van der Waals surface area contributed by atoms with Gasteiger partial charge in [0.1, 0.15) is 11.6 Å². The maximum atomic E-state index is 9.69. The van der Waals surface area contributed by atoms with Gasteiger partial charge in [0.05, 0.1) is 36.8 Å². The summed E-state index contributed by atoms with van der Waals surface area (Å²) in [6.45, 7) is 6.39. The SMILES string of the molecule is CCOc1ccc(CN2CCCC2c2ccc(Nc3cccc(C)n3)cn2)cc1CO. The quantitative estimate of drug-likeness (QED) is 0.550. The lowest BCUT2D eigenvalue weighted by atomic mass is 10.1. The Kier molecular flexibility index (Phi) is 6.79. The van der Waals surface area contributed by atoms with E-state index < -0.39 is 0 Å². The molecule has 0 bridgehead atoms. The van der Waals surface area contributed by atoms with Crippen LogP contribution in [0.3, 0.4) is 0 Å². The van der Waals surface area contributed by atoms with Gasteiger partial charge in [0.2, 0.25) is 0 Å². The molecule has 31 heavy (non-hydrogen) atoms. The molecule has 1 unspecified atom stereocenters. The van der Waals surface area contributed by atoms with Crippen molar-refractivity contribution in [3.63, 3.8) is 0 Å². The van der Waals surface area contributed by atoms with E-state index in [9.17, 15) is 5.11 Å². The van der Waals surface area contributed by atoms with Crippen molar-refractivity contribution in [2.24, 2.45) is 0 Å². The highest BCUT2D eigenvalue weighted by Crippen LogP contribution is 2.33. The number of anilines is 2. The Balaban J connectivity index is 1.44. The van der Waals surface area contributed by atoms with Crippen molar-refractivity contribution >= 4 is 11.5 Å². The fourth-order valence-corrected chi connectivity index (χ4v) is 4.17. The number of aromatic nitrogens is 2. The molecule has 1 saturated heterocycles. The molecule has 1 aliphatic heterocycles. The Morgan fingerprint density at radius 2 is 2.10 bits per heavy atom. The highest BCUT2D eigenvalue weighted by atomic mass is 16.5. The predicted octanol–water partition coefficient (Wildman–Crippen LogP) is 4.76. The van der Waals surface area contributed by atoms with Gasteiger partial charge < -0.3 is 15.2 Å². The number of nitrogens with zero attached hydrogens (tertiary/aromatic N) is 3. The van der Waals surface area contributed by atoms with Crippen molar-refractivity contribution in [2.45, 2.75) is 45.9 Å². The third kappa shape index (κ3) is 5.21. The van der Waals surface area contributed by atoms with E-state index in [4.69, 9.17) is 9.72 Å². The molecule has 1 aliphatic rings. The molecule has 6 heteroatoms. The van der Waals surface area contributed by atoms with Gasteiger partial charge in [-0.05, 0) is 75.2 Å². The normalized spacial score (nSPS) is 16.4. The summed E-state index contributed by atoms with van der Waals surface area (Å²) in [4.78, 5) is 11.7. The number of rotatable bonds is 8. The predicted molar refractivity (Wildman–Crippen MR) is 122 cm³/mol. The van der Waals surface area contributed by atoms with Gasteiger partial charge in [-0.15, -0.1) is 0 Å². The number of hydrogen-bond donors (Lipinski definition) is 2. The van der Waals surface area contributed by atoms with Crippen LogP contribution in [0.15, 0.2) is 54.7 Å². The van der Waals surface area contributed by atoms with E-state index >= 15 is 0 Å². The number of likely N-dealkylation sites (tertiary alicyclic amines) is 1. The third-order valence-corrected chi connectivity index (χ3v) is 5.63. The molecule has 1 aromatic carbocycles. The largest absolute Gasteiger partial charge is 0.494 e. The minimum atomic E-state index is -0.0155. The fourth-order valence-electron chi connectivity index (χ4n) is 4.17. The van der Waals surface area contributed by atoms with E-state index in [0.717, 1.165) is 60.1 Å². The van der Waals surface area contributed by atoms with Crippen molar-refractivity contribution in [1.29, 1.82) is 0 Å². The van der Waals surface area contributed by atoms with Gasteiger partial charge >= 0.3 is 0 Å². The molecule has 3 aromatic rings. The molecule has 1 atom stereocenters. The Morgan fingerprint density at radius 1 is 1.19 bits per heavy atom. The second-order valence-electron chi connectivity index (χ2n) is 7.92. The molecule has 4 rings (SSSR count). The van der Waals surface area contributed by atoms with Gasteiger partial charge in [-0.3, -0.25) is 9.88 Å². The maximum Gasteiger partial charge on any atom is 0.130 e. The maximum absolute atomic E-state index is 9.69. The van der Waals surface area contributed by atoms with Gasteiger partial charge in [0.15, 0.2) is 0 Å². The molecular formula is C25H30N4O2. The molecule has 2 N–H and O–H groups in total. The van der Waals surface area contributed by atoms with Crippen LogP contribution in [-0.2, 0) is 13.2 Å².